The molecular formula is C9H4Cl2N6. The number of nitrogens with zero attached hydrogens (tertiary/aromatic N) is 5. The summed E-state index contributed by atoms with van der Waals surface area (Å²) >= 11 is 11.6. The number of nitrogen functional groups attached to an aromatic ring is 1. The molecule has 0 aliphatic rings. The average Bonchev–Trinajstić information content (AvgIpc) is 2.27. The Morgan fingerprint density at radius 1 is 1.00 bits per heavy atom. The van der Waals surface area contributed by atoms with Gasteiger partial charge in [0.2, 0.25) is 5.95 Å². The van der Waals surface area contributed by atoms with Gasteiger partial charge in [0.25, 0.3) is 0 Å². The van der Waals surface area contributed by atoms with Crippen LogP contribution in [0.4, 0.5) is 5.95 Å². The summed E-state index contributed by atoms with van der Waals surface area (Å²) < 4.78 is 0. The summed E-state index contributed by atoms with van der Waals surface area (Å²) in [7, 11) is 0. The molecule has 0 amide bonds. The SMILES string of the molecule is N#CC(C#N)C(C#N)c1c(Cl)nc(N)nc1Cl. The van der Waals surface area contributed by atoms with Gasteiger partial charge < -0.3 is 5.73 Å². The Morgan fingerprint density at radius 3 is 1.82 bits per heavy atom. The van der Waals surface area contributed by atoms with Gasteiger partial charge in [-0.1, -0.05) is 23.2 Å². The van der Waals surface area contributed by atoms with Crippen LogP contribution in [0.1, 0.15) is 11.5 Å². The minimum atomic E-state index is -1.21. The van der Waals surface area contributed by atoms with Crippen LogP contribution in [-0.2, 0) is 0 Å². The monoisotopic (exact) mass is 266 g/mol. The summed E-state index contributed by atoms with van der Waals surface area (Å²) in [6, 6.07) is 5.15. The predicted molar refractivity (Wildman–Crippen MR) is 59.5 cm³/mol. The number of anilines is 1. The van der Waals surface area contributed by atoms with E-state index in [0.717, 1.165) is 0 Å². The third-order valence-corrected chi connectivity index (χ3v) is 2.51. The molecule has 0 aromatic carbocycles. The first-order valence-corrected chi connectivity index (χ1v) is 4.98. The van der Waals surface area contributed by atoms with Gasteiger partial charge >= 0.3 is 0 Å². The molecule has 1 aromatic rings. The van der Waals surface area contributed by atoms with E-state index in [0.29, 0.717) is 0 Å². The molecule has 8 heteroatoms. The minimum absolute atomic E-state index is 0.0399. The molecule has 1 rings (SSSR count). The van der Waals surface area contributed by atoms with Crippen molar-refractivity contribution in [2.45, 2.75) is 5.92 Å². The van der Waals surface area contributed by atoms with E-state index < -0.39 is 11.8 Å². The molecule has 1 heterocycles. The predicted octanol–water partition coefficient (Wildman–Crippen LogP) is 1.64. The summed E-state index contributed by atoms with van der Waals surface area (Å²) in [5, 5.41) is 26.2. The number of nitriles is 3. The van der Waals surface area contributed by atoms with Crippen molar-refractivity contribution in [2.24, 2.45) is 5.92 Å². The molecule has 0 saturated carbocycles. The molecule has 0 saturated heterocycles. The van der Waals surface area contributed by atoms with Crippen molar-refractivity contribution < 1.29 is 0 Å². The largest absolute Gasteiger partial charge is 0.368 e. The Balaban J connectivity index is 3.39. The summed E-state index contributed by atoms with van der Waals surface area (Å²) in [5.41, 5.74) is 5.35. The van der Waals surface area contributed by atoms with Gasteiger partial charge in [-0.2, -0.15) is 15.8 Å². The van der Waals surface area contributed by atoms with E-state index in [1.54, 1.807) is 18.2 Å². The van der Waals surface area contributed by atoms with Gasteiger partial charge in [-0.3, -0.25) is 0 Å². The Morgan fingerprint density at radius 2 is 1.47 bits per heavy atom. The highest BCUT2D eigenvalue weighted by Gasteiger charge is 2.29. The molecule has 0 aliphatic heterocycles. The van der Waals surface area contributed by atoms with Crippen LogP contribution < -0.4 is 5.73 Å². The van der Waals surface area contributed by atoms with Crippen molar-refractivity contribution in [2.75, 3.05) is 5.73 Å². The first-order valence-electron chi connectivity index (χ1n) is 4.22. The lowest BCUT2D eigenvalue weighted by atomic mass is 9.91. The van der Waals surface area contributed by atoms with Crippen molar-refractivity contribution in [1.82, 2.24) is 9.97 Å². The van der Waals surface area contributed by atoms with E-state index in [4.69, 9.17) is 44.7 Å². The molecule has 1 unspecified atom stereocenters. The number of hydrogen-bond acceptors (Lipinski definition) is 6. The molecule has 1 aromatic heterocycles. The van der Waals surface area contributed by atoms with Crippen LogP contribution in [0.5, 0.6) is 0 Å². The maximum Gasteiger partial charge on any atom is 0.222 e. The Labute approximate surface area is 107 Å². The zero-order valence-electron chi connectivity index (χ0n) is 8.22. The highest BCUT2D eigenvalue weighted by molar-refractivity contribution is 6.34. The lowest BCUT2D eigenvalue weighted by Gasteiger charge is -2.12. The van der Waals surface area contributed by atoms with E-state index in [9.17, 15) is 0 Å². The van der Waals surface area contributed by atoms with Crippen molar-refractivity contribution in [3.63, 3.8) is 0 Å². The van der Waals surface area contributed by atoms with E-state index in [2.05, 4.69) is 9.97 Å². The second-order valence-corrected chi connectivity index (χ2v) is 3.64. The van der Waals surface area contributed by atoms with Crippen LogP contribution in [0.2, 0.25) is 10.3 Å². The van der Waals surface area contributed by atoms with Crippen molar-refractivity contribution in [3.8, 4) is 18.2 Å². The molecule has 0 spiro atoms. The van der Waals surface area contributed by atoms with Crippen molar-refractivity contribution in [3.05, 3.63) is 15.9 Å². The van der Waals surface area contributed by atoms with E-state index in [1.807, 2.05) is 0 Å². The maximum atomic E-state index is 8.97. The van der Waals surface area contributed by atoms with Crippen LogP contribution in [-0.4, -0.2) is 9.97 Å². The molecule has 17 heavy (non-hydrogen) atoms. The normalized spacial score (nSPS) is 11.3. The van der Waals surface area contributed by atoms with Crippen LogP contribution in [0.25, 0.3) is 0 Å². The van der Waals surface area contributed by atoms with Crippen LogP contribution >= 0.6 is 23.2 Å². The highest BCUT2D eigenvalue weighted by Crippen LogP contribution is 2.33. The van der Waals surface area contributed by atoms with Crippen molar-refractivity contribution >= 4 is 29.2 Å². The Hall–Kier alpha value is -2.07. The minimum Gasteiger partial charge on any atom is -0.368 e. The molecule has 0 aliphatic carbocycles. The topological polar surface area (TPSA) is 123 Å². The fourth-order valence-electron chi connectivity index (χ4n) is 1.17. The summed E-state index contributed by atoms with van der Waals surface area (Å²) in [5.74, 6) is -2.47. The maximum absolute atomic E-state index is 8.97. The van der Waals surface area contributed by atoms with Gasteiger partial charge in [0.1, 0.15) is 16.2 Å². The zero-order valence-corrected chi connectivity index (χ0v) is 9.74. The summed E-state index contributed by atoms with van der Waals surface area (Å²) in [6.07, 6.45) is 0. The summed E-state index contributed by atoms with van der Waals surface area (Å²) in [6.45, 7) is 0. The number of nitrogens with two attached hydrogens (primary N) is 1. The third-order valence-electron chi connectivity index (χ3n) is 1.93. The highest BCUT2D eigenvalue weighted by atomic mass is 35.5. The van der Waals surface area contributed by atoms with Gasteiger partial charge in [-0.05, 0) is 0 Å². The van der Waals surface area contributed by atoms with Gasteiger partial charge in [0.15, 0.2) is 5.92 Å². The average molecular weight is 267 g/mol. The molecule has 2 N–H and O–H groups in total. The van der Waals surface area contributed by atoms with Crippen LogP contribution in [0.3, 0.4) is 0 Å². The van der Waals surface area contributed by atoms with E-state index in [-0.39, 0.29) is 21.8 Å². The molecule has 6 nitrogen and oxygen atoms in total. The fourth-order valence-corrected chi connectivity index (χ4v) is 1.81. The molecule has 1 atom stereocenters. The lowest BCUT2D eigenvalue weighted by molar-refractivity contribution is 0.737. The molecule has 84 valence electrons. The first kappa shape index (κ1) is 13.0. The third kappa shape index (κ3) is 2.54. The Kier molecular flexibility index (Phi) is 4.06. The molecular weight excluding hydrogens is 263 g/mol. The van der Waals surface area contributed by atoms with Gasteiger partial charge in [0.05, 0.1) is 18.2 Å². The van der Waals surface area contributed by atoms with E-state index >= 15 is 0 Å². The van der Waals surface area contributed by atoms with Crippen LogP contribution in [0.15, 0.2) is 0 Å². The number of hydrogen-bond donors (Lipinski definition) is 1. The number of aromatic nitrogens is 2. The van der Waals surface area contributed by atoms with E-state index in [1.165, 1.54) is 0 Å². The molecule has 0 fully saturated rings. The Bertz CT molecular complexity index is 527. The van der Waals surface area contributed by atoms with Gasteiger partial charge in [-0.25, -0.2) is 9.97 Å². The fraction of sp³-hybridized carbons (Fsp3) is 0.222. The standard InChI is InChI=1S/C9H4Cl2N6/c10-7-6(8(11)17-9(15)16-7)5(3-14)4(1-12)2-13/h4-5H,(H2,15,16,17). The van der Waals surface area contributed by atoms with Crippen molar-refractivity contribution in [1.29, 1.82) is 15.8 Å². The first-order chi connectivity index (χ1) is 8.04. The number of rotatable bonds is 2. The second-order valence-electron chi connectivity index (χ2n) is 2.92. The lowest BCUT2D eigenvalue weighted by Crippen LogP contribution is -2.11. The van der Waals surface area contributed by atoms with Gasteiger partial charge in [-0.15, -0.1) is 0 Å². The second kappa shape index (κ2) is 5.32. The number of halogens is 2. The molecule has 0 radical (unpaired) electrons. The smallest absolute Gasteiger partial charge is 0.222 e. The zero-order chi connectivity index (χ0) is 13.0. The quantitative estimate of drug-likeness (QED) is 0.812. The molecule has 0 bridgehead atoms. The van der Waals surface area contributed by atoms with Crippen LogP contribution in [0, 0.1) is 39.9 Å². The van der Waals surface area contributed by atoms with Gasteiger partial charge in [0, 0.05) is 5.56 Å². The summed E-state index contributed by atoms with van der Waals surface area (Å²) in [4.78, 5) is 7.26.